The van der Waals surface area contributed by atoms with E-state index < -0.39 is 0 Å². The molecule has 96 valence electrons. The number of nitrogens with one attached hydrogen (secondary N) is 2. The van der Waals surface area contributed by atoms with Gasteiger partial charge in [-0.25, -0.2) is 9.97 Å². The molecule has 0 amide bonds. The molecule has 4 nitrogen and oxygen atoms in total. The van der Waals surface area contributed by atoms with Gasteiger partial charge in [0.15, 0.2) is 0 Å². The van der Waals surface area contributed by atoms with Gasteiger partial charge in [-0.2, -0.15) is 0 Å². The van der Waals surface area contributed by atoms with E-state index in [1.165, 1.54) is 0 Å². The van der Waals surface area contributed by atoms with Crippen LogP contribution >= 0.6 is 11.3 Å². The lowest BCUT2D eigenvalue weighted by atomic mass is 10.2. The molecule has 0 bridgehead atoms. The first-order chi connectivity index (χ1) is 9.31. The molecule has 0 atom stereocenters. The van der Waals surface area contributed by atoms with Gasteiger partial charge in [0.05, 0.1) is 18.4 Å². The Bertz CT molecular complexity index is 658. The van der Waals surface area contributed by atoms with Crippen LogP contribution in [0.4, 0.5) is 5.69 Å². The molecular formula is C14H14N4S. The van der Waals surface area contributed by atoms with E-state index in [4.69, 9.17) is 0 Å². The normalized spacial score (nSPS) is 10.6. The van der Waals surface area contributed by atoms with Gasteiger partial charge in [0.25, 0.3) is 0 Å². The fourth-order valence-corrected chi connectivity index (χ4v) is 2.52. The van der Waals surface area contributed by atoms with Gasteiger partial charge in [-0.1, -0.05) is 12.1 Å². The van der Waals surface area contributed by atoms with Crippen LogP contribution in [0.1, 0.15) is 11.5 Å². The molecule has 5 heteroatoms. The Morgan fingerprint density at radius 3 is 3.00 bits per heavy atom. The number of benzene rings is 1. The van der Waals surface area contributed by atoms with Crippen molar-refractivity contribution in [3.05, 3.63) is 53.6 Å². The first kappa shape index (κ1) is 11.9. The van der Waals surface area contributed by atoms with E-state index in [1.807, 2.05) is 30.8 Å². The number of aromatic nitrogens is 3. The van der Waals surface area contributed by atoms with Crippen molar-refractivity contribution in [2.75, 3.05) is 5.32 Å². The number of anilines is 1. The highest BCUT2D eigenvalue weighted by Crippen LogP contribution is 2.24. The van der Waals surface area contributed by atoms with Crippen LogP contribution in [-0.2, 0) is 6.54 Å². The average molecular weight is 270 g/mol. The second kappa shape index (κ2) is 5.24. The first-order valence-electron chi connectivity index (χ1n) is 6.05. The van der Waals surface area contributed by atoms with Gasteiger partial charge in [0.1, 0.15) is 10.8 Å². The van der Waals surface area contributed by atoms with Crippen LogP contribution in [0.15, 0.2) is 42.0 Å². The van der Waals surface area contributed by atoms with E-state index in [0.29, 0.717) is 0 Å². The Kier molecular flexibility index (Phi) is 3.29. The van der Waals surface area contributed by atoms with Crippen molar-refractivity contribution in [1.82, 2.24) is 15.0 Å². The number of H-pyrrole nitrogens is 1. The molecule has 0 radical (unpaired) electrons. The number of thiazole rings is 1. The van der Waals surface area contributed by atoms with E-state index >= 15 is 0 Å². The van der Waals surface area contributed by atoms with Crippen molar-refractivity contribution in [3.63, 3.8) is 0 Å². The summed E-state index contributed by atoms with van der Waals surface area (Å²) in [5.74, 6) is 0.938. The Morgan fingerprint density at radius 2 is 2.26 bits per heavy atom. The van der Waals surface area contributed by atoms with Gasteiger partial charge >= 0.3 is 0 Å². The minimum absolute atomic E-state index is 0.738. The van der Waals surface area contributed by atoms with Gasteiger partial charge in [0, 0.05) is 22.8 Å². The third-order valence-corrected chi connectivity index (χ3v) is 3.60. The highest BCUT2D eigenvalue weighted by molar-refractivity contribution is 7.13. The summed E-state index contributed by atoms with van der Waals surface area (Å²) in [5.41, 5.74) is 3.30. The molecule has 0 spiro atoms. The van der Waals surface area contributed by atoms with Gasteiger partial charge in [-0.05, 0) is 19.1 Å². The molecule has 0 fully saturated rings. The largest absolute Gasteiger partial charge is 0.379 e. The molecule has 3 rings (SSSR count). The predicted octanol–water partition coefficient (Wildman–Crippen LogP) is 3.45. The van der Waals surface area contributed by atoms with Crippen LogP contribution in [0.3, 0.4) is 0 Å². The Hall–Kier alpha value is -2.14. The Morgan fingerprint density at radius 1 is 1.32 bits per heavy atom. The highest BCUT2D eigenvalue weighted by Gasteiger charge is 2.02. The van der Waals surface area contributed by atoms with E-state index in [1.54, 1.807) is 11.3 Å². The van der Waals surface area contributed by atoms with Crippen molar-refractivity contribution in [2.45, 2.75) is 13.5 Å². The summed E-state index contributed by atoms with van der Waals surface area (Å²) in [7, 11) is 0. The molecule has 2 N–H and O–H groups in total. The standard InChI is InChI=1S/C14H14N4S/c1-10-16-8-13(18-10)9-17-12-4-2-3-11(7-12)14-15-5-6-19-14/h2-8,17H,9H2,1H3,(H,16,18). The van der Waals surface area contributed by atoms with Gasteiger partial charge in [0.2, 0.25) is 0 Å². The lowest BCUT2D eigenvalue weighted by Crippen LogP contribution is -1.99. The summed E-state index contributed by atoms with van der Waals surface area (Å²) in [4.78, 5) is 11.7. The minimum Gasteiger partial charge on any atom is -0.379 e. The zero-order valence-electron chi connectivity index (χ0n) is 10.6. The topological polar surface area (TPSA) is 53.6 Å². The maximum absolute atomic E-state index is 4.32. The molecule has 0 saturated heterocycles. The summed E-state index contributed by atoms with van der Waals surface area (Å²) >= 11 is 1.65. The zero-order valence-corrected chi connectivity index (χ0v) is 11.4. The van der Waals surface area contributed by atoms with Crippen LogP contribution in [-0.4, -0.2) is 15.0 Å². The van der Waals surface area contributed by atoms with Crippen molar-refractivity contribution in [3.8, 4) is 10.6 Å². The molecule has 2 aromatic heterocycles. The number of imidazole rings is 1. The number of hydrogen-bond acceptors (Lipinski definition) is 4. The number of aryl methyl sites for hydroxylation is 1. The van der Waals surface area contributed by atoms with Crippen molar-refractivity contribution >= 4 is 17.0 Å². The van der Waals surface area contributed by atoms with E-state index in [0.717, 1.165) is 34.3 Å². The second-order valence-corrected chi connectivity index (χ2v) is 5.16. The molecule has 0 aliphatic rings. The molecule has 2 heterocycles. The quantitative estimate of drug-likeness (QED) is 0.763. The number of rotatable bonds is 4. The SMILES string of the molecule is Cc1ncc(CNc2cccc(-c3nccs3)c2)[nH]1. The van der Waals surface area contributed by atoms with Crippen LogP contribution < -0.4 is 5.32 Å². The van der Waals surface area contributed by atoms with Gasteiger partial charge in [-0.3, -0.25) is 0 Å². The number of hydrogen-bond donors (Lipinski definition) is 2. The van der Waals surface area contributed by atoms with Gasteiger partial charge < -0.3 is 10.3 Å². The van der Waals surface area contributed by atoms with Crippen LogP contribution in [0.5, 0.6) is 0 Å². The third-order valence-electron chi connectivity index (χ3n) is 2.78. The fraction of sp³-hybridized carbons (Fsp3) is 0.143. The smallest absolute Gasteiger partial charge is 0.123 e. The van der Waals surface area contributed by atoms with E-state index in [2.05, 4.69) is 38.5 Å². The lowest BCUT2D eigenvalue weighted by molar-refractivity contribution is 1.05. The molecule has 0 aliphatic heterocycles. The summed E-state index contributed by atoms with van der Waals surface area (Å²) in [6.45, 7) is 2.69. The van der Waals surface area contributed by atoms with Crippen LogP contribution in [0.2, 0.25) is 0 Å². The predicted molar refractivity (Wildman–Crippen MR) is 78.2 cm³/mol. The third kappa shape index (κ3) is 2.82. The highest BCUT2D eigenvalue weighted by atomic mass is 32.1. The van der Waals surface area contributed by atoms with E-state index in [-0.39, 0.29) is 0 Å². The summed E-state index contributed by atoms with van der Waals surface area (Å²) < 4.78 is 0. The molecular weight excluding hydrogens is 256 g/mol. The van der Waals surface area contributed by atoms with Crippen molar-refractivity contribution < 1.29 is 0 Å². The van der Waals surface area contributed by atoms with Gasteiger partial charge in [-0.15, -0.1) is 11.3 Å². The maximum Gasteiger partial charge on any atom is 0.123 e. The first-order valence-corrected chi connectivity index (χ1v) is 6.93. The zero-order chi connectivity index (χ0) is 13.1. The molecule has 3 aromatic rings. The van der Waals surface area contributed by atoms with Crippen LogP contribution in [0, 0.1) is 6.92 Å². The van der Waals surface area contributed by atoms with Crippen LogP contribution in [0.25, 0.3) is 10.6 Å². The Labute approximate surface area is 115 Å². The summed E-state index contributed by atoms with van der Waals surface area (Å²) in [6.07, 6.45) is 3.68. The molecule has 0 saturated carbocycles. The Balaban J connectivity index is 1.73. The summed E-state index contributed by atoms with van der Waals surface area (Å²) in [6, 6.07) is 8.28. The molecule has 0 aliphatic carbocycles. The van der Waals surface area contributed by atoms with Crippen molar-refractivity contribution in [1.29, 1.82) is 0 Å². The van der Waals surface area contributed by atoms with E-state index in [9.17, 15) is 0 Å². The lowest BCUT2D eigenvalue weighted by Gasteiger charge is -2.06. The average Bonchev–Trinajstić information content (AvgIpc) is 3.08. The summed E-state index contributed by atoms with van der Waals surface area (Å²) in [5, 5.41) is 6.41. The second-order valence-electron chi connectivity index (χ2n) is 4.27. The molecule has 19 heavy (non-hydrogen) atoms. The number of aromatic amines is 1. The maximum atomic E-state index is 4.32. The minimum atomic E-state index is 0.738. The monoisotopic (exact) mass is 270 g/mol. The fourth-order valence-electron chi connectivity index (χ4n) is 1.89. The van der Waals surface area contributed by atoms with Crippen molar-refractivity contribution in [2.24, 2.45) is 0 Å². The molecule has 0 unspecified atom stereocenters. The number of nitrogens with zero attached hydrogens (tertiary/aromatic N) is 2. The molecule has 1 aromatic carbocycles.